The first-order valence-corrected chi connectivity index (χ1v) is 8.80. The van der Waals surface area contributed by atoms with Crippen molar-refractivity contribution in [2.45, 2.75) is 71.2 Å². The number of amides is 1. The summed E-state index contributed by atoms with van der Waals surface area (Å²) in [6.07, 6.45) is 3.54. The van der Waals surface area contributed by atoms with Crippen molar-refractivity contribution < 1.29 is 9.90 Å². The number of rotatable bonds is 3. The van der Waals surface area contributed by atoms with Crippen molar-refractivity contribution in [1.29, 1.82) is 0 Å². The van der Waals surface area contributed by atoms with Gasteiger partial charge >= 0.3 is 0 Å². The number of hydrogen-bond acceptors (Lipinski definition) is 4. The number of carbonyl (C=O) groups excluding carboxylic acids is 1. The lowest BCUT2D eigenvalue weighted by molar-refractivity contribution is -0.144. The Kier molecular flexibility index (Phi) is 5.86. The average Bonchev–Trinajstić information content (AvgIpc) is 2.77. The van der Waals surface area contributed by atoms with E-state index in [9.17, 15) is 9.90 Å². The summed E-state index contributed by atoms with van der Waals surface area (Å²) in [6, 6.07) is 0.417. The van der Waals surface area contributed by atoms with Gasteiger partial charge in [0, 0.05) is 32.2 Å². The van der Waals surface area contributed by atoms with Crippen LogP contribution in [0.25, 0.3) is 0 Å². The molecule has 0 spiro atoms. The van der Waals surface area contributed by atoms with Crippen molar-refractivity contribution in [3.8, 4) is 0 Å². The van der Waals surface area contributed by atoms with Gasteiger partial charge in [0.2, 0.25) is 5.91 Å². The Morgan fingerprint density at radius 1 is 1.09 bits per heavy atom. The predicted molar refractivity (Wildman–Crippen MR) is 88.5 cm³/mol. The lowest BCUT2D eigenvalue weighted by atomic mass is 10.1. The van der Waals surface area contributed by atoms with Gasteiger partial charge in [-0.05, 0) is 53.4 Å². The van der Waals surface area contributed by atoms with E-state index in [4.69, 9.17) is 0 Å². The largest absolute Gasteiger partial charge is 0.393 e. The van der Waals surface area contributed by atoms with Crippen LogP contribution in [0.2, 0.25) is 0 Å². The first-order valence-electron chi connectivity index (χ1n) is 8.80. The molecule has 2 saturated heterocycles. The van der Waals surface area contributed by atoms with Crippen molar-refractivity contribution in [3.05, 3.63) is 0 Å². The second-order valence-electron chi connectivity index (χ2n) is 7.53. The van der Waals surface area contributed by atoms with Gasteiger partial charge in [-0.15, -0.1) is 0 Å². The third-order valence-corrected chi connectivity index (χ3v) is 5.33. The molecule has 0 bridgehead atoms. The maximum atomic E-state index is 12.8. The number of aliphatic hydroxyl groups excluding tert-OH is 1. The lowest BCUT2D eigenvalue weighted by Gasteiger charge is -2.46. The predicted octanol–water partition coefficient (Wildman–Crippen LogP) is 1.51. The third kappa shape index (κ3) is 4.00. The highest BCUT2D eigenvalue weighted by Crippen LogP contribution is 2.26. The van der Waals surface area contributed by atoms with Crippen LogP contribution in [0.15, 0.2) is 0 Å². The molecule has 2 fully saturated rings. The Morgan fingerprint density at radius 2 is 1.82 bits per heavy atom. The molecule has 128 valence electrons. The van der Waals surface area contributed by atoms with Gasteiger partial charge in [0.05, 0.1) is 18.3 Å². The molecule has 2 aliphatic rings. The van der Waals surface area contributed by atoms with Gasteiger partial charge in [0.1, 0.15) is 0 Å². The first kappa shape index (κ1) is 17.7. The standard InChI is InChI=1S/C17H33N3O2/c1-14(2)18-9-6-11-20(16(22)13-18)17(3,4)19-10-5-7-15(21)8-12-19/h14-15,21H,5-13H2,1-4H3/t15-/m1/s1. The minimum absolute atomic E-state index is 0.183. The second kappa shape index (κ2) is 7.28. The fourth-order valence-electron chi connectivity index (χ4n) is 3.71. The van der Waals surface area contributed by atoms with Gasteiger partial charge < -0.3 is 10.0 Å². The number of likely N-dealkylation sites (tertiary alicyclic amines) is 1. The van der Waals surface area contributed by atoms with E-state index in [0.717, 1.165) is 51.9 Å². The van der Waals surface area contributed by atoms with E-state index in [1.54, 1.807) is 0 Å². The van der Waals surface area contributed by atoms with Crippen LogP contribution >= 0.6 is 0 Å². The molecule has 2 heterocycles. The fraction of sp³-hybridized carbons (Fsp3) is 0.941. The van der Waals surface area contributed by atoms with Crippen molar-refractivity contribution >= 4 is 5.91 Å². The molecule has 0 aromatic heterocycles. The highest BCUT2D eigenvalue weighted by Gasteiger charge is 2.38. The highest BCUT2D eigenvalue weighted by atomic mass is 16.3. The van der Waals surface area contributed by atoms with Crippen LogP contribution in [-0.4, -0.2) is 76.2 Å². The zero-order chi connectivity index (χ0) is 16.3. The zero-order valence-corrected chi connectivity index (χ0v) is 14.7. The van der Waals surface area contributed by atoms with E-state index in [2.05, 4.69) is 42.4 Å². The SMILES string of the molecule is CC(C)N1CCCN(C(C)(C)N2CCC[C@@H](O)CC2)C(=O)C1. The quantitative estimate of drug-likeness (QED) is 0.858. The summed E-state index contributed by atoms with van der Waals surface area (Å²) in [5.74, 6) is 0.237. The van der Waals surface area contributed by atoms with Crippen LogP contribution in [0.3, 0.4) is 0 Å². The van der Waals surface area contributed by atoms with Gasteiger partial charge in [-0.2, -0.15) is 0 Å². The summed E-state index contributed by atoms with van der Waals surface area (Å²) in [4.78, 5) is 19.5. The molecule has 0 unspecified atom stereocenters. The topological polar surface area (TPSA) is 47.0 Å². The van der Waals surface area contributed by atoms with Gasteiger partial charge in [-0.25, -0.2) is 0 Å². The van der Waals surface area contributed by atoms with E-state index in [1.807, 2.05) is 0 Å². The Labute approximate surface area is 135 Å². The van der Waals surface area contributed by atoms with Gasteiger partial charge in [0.15, 0.2) is 0 Å². The minimum atomic E-state index is -0.270. The molecule has 22 heavy (non-hydrogen) atoms. The fourth-order valence-corrected chi connectivity index (χ4v) is 3.71. The Bertz CT molecular complexity index is 384. The molecule has 5 heteroatoms. The van der Waals surface area contributed by atoms with E-state index in [1.165, 1.54) is 0 Å². The average molecular weight is 311 g/mol. The molecule has 0 aromatic rings. The molecule has 0 aliphatic carbocycles. The minimum Gasteiger partial charge on any atom is -0.393 e. The van der Waals surface area contributed by atoms with E-state index in [-0.39, 0.29) is 17.7 Å². The summed E-state index contributed by atoms with van der Waals surface area (Å²) in [6.45, 7) is 12.8. The molecule has 0 aromatic carbocycles. The molecule has 2 aliphatic heterocycles. The Morgan fingerprint density at radius 3 is 2.50 bits per heavy atom. The van der Waals surface area contributed by atoms with Crippen LogP contribution in [0.1, 0.15) is 53.4 Å². The second-order valence-corrected chi connectivity index (χ2v) is 7.53. The number of aliphatic hydroxyl groups is 1. The molecule has 1 amide bonds. The summed E-state index contributed by atoms with van der Waals surface area (Å²) >= 11 is 0. The van der Waals surface area contributed by atoms with Crippen LogP contribution in [0.4, 0.5) is 0 Å². The molecule has 1 N–H and O–H groups in total. The summed E-state index contributed by atoms with van der Waals surface area (Å²) in [5, 5.41) is 9.86. The van der Waals surface area contributed by atoms with Crippen molar-refractivity contribution in [3.63, 3.8) is 0 Å². The van der Waals surface area contributed by atoms with E-state index >= 15 is 0 Å². The number of hydrogen-bond donors (Lipinski definition) is 1. The third-order valence-electron chi connectivity index (χ3n) is 5.33. The van der Waals surface area contributed by atoms with Crippen LogP contribution < -0.4 is 0 Å². The zero-order valence-electron chi connectivity index (χ0n) is 14.7. The van der Waals surface area contributed by atoms with Crippen molar-refractivity contribution in [2.75, 3.05) is 32.7 Å². The molecule has 5 nitrogen and oxygen atoms in total. The smallest absolute Gasteiger partial charge is 0.238 e. The molecule has 0 radical (unpaired) electrons. The number of carbonyl (C=O) groups is 1. The lowest BCUT2D eigenvalue weighted by Crippen LogP contribution is -2.60. The molecule has 0 saturated carbocycles. The van der Waals surface area contributed by atoms with Gasteiger partial charge in [-0.3, -0.25) is 14.6 Å². The maximum Gasteiger partial charge on any atom is 0.238 e. The van der Waals surface area contributed by atoms with Gasteiger partial charge in [0.25, 0.3) is 0 Å². The van der Waals surface area contributed by atoms with Crippen LogP contribution in [-0.2, 0) is 4.79 Å². The van der Waals surface area contributed by atoms with E-state index in [0.29, 0.717) is 12.6 Å². The maximum absolute atomic E-state index is 12.8. The van der Waals surface area contributed by atoms with Crippen molar-refractivity contribution in [1.82, 2.24) is 14.7 Å². The first-order chi connectivity index (χ1) is 10.3. The molecule has 1 atom stereocenters. The Balaban J connectivity index is 2.08. The van der Waals surface area contributed by atoms with Crippen LogP contribution in [0, 0.1) is 0 Å². The highest BCUT2D eigenvalue weighted by molar-refractivity contribution is 5.79. The van der Waals surface area contributed by atoms with E-state index < -0.39 is 0 Å². The number of nitrogens with zero attached hydrogens (tertiary/aromatic N) is 3. The van der Waals surface area contributed by atoms with Gasteiger partial charge in [-0.1, -0.05) is 0 Å². The summed E-state index contributed by atoms with van der Waals surface area (Å²) in [7, 11) is 0. The monoisotopic (exact) mass is 311 g/mol. The molecule has 2 rings (SSSR count). The summed E-state index contributed by atoms with van der Waals surface area (Å²) in [5.41, 5.74) is -0.270. The summed E-state index contributed by atoms with van der Waals surface area (Å²) < 4.78 is 0. The molecular formula is C17H33N3O2. The molecular weight excluding hydrogens is 278 g/mol. The van der Waals surface area contributed by atoms with Crippen molar-refractivity contribution in [2.24, 2.45) is 0 Å². The normalized spacial score (nSPS) is 27.1. The Hall–Kier alpha value is -0.650. The van der Waals surface area contributed by atoms with Crippen LogP contribution in [0.5, 0.6) is 0 Å².